The van der Waals surface area contributed by atoms with E-state index in [1.165, 1.54) is 11.0 Å². The summed E-state index contributed by atoms with van der Waals surface area (Å²) in [5, 5.41) is 22.1. The maximum absolute atomic E-state index is 13.5. The molecule has 1 unspecified atom stereocenters. The second-order valence-corrected chi connectivity index (χ2v) is 9.02. The number of phenolic OH excluding ortho intramolecular Hbond substituents is 1. The molecule has 5 rings (SSSR count). The van der Waals surface area contributed by atoms with Crippen LogP contribution in [0.4, 0.5) is 5.69 Å². The number of rotatable bonds is 8. The average Bonchev–Trinajstić information content (AvgIpc) is 3.22. The Bertz CT molecular complexity index is 1550. The molecule has 2 N–H and O–H groups in total. The molecule has 0 radical (unpaired) electrons. The molecule has 1 saturated heterocycles. The van der Waals surface area contributed by atoms with E-state index in [1.807, 2.05) is 37.3 Å². The number of aromatic hydroxyl groups is 1. The lowest BCUT2D eigenvalue weighted by Crippen LogP contribution is -2.29. The monoisotopic (exact) mass is 521 g/mol. The third-order valence-corrected chi connectivity index (χ3v) is 6.32. The van der Waals surface area contributed by atoms with E-state index in [0.717, 1.165) is 6.42 Å². The Morgan fingerprint density at radius 2 is 1.51 bits per heavy atom. The molecule has 0 saturated carbocycles. The lowest BCUT2D eigenvalue weighted by Gasteiger charge is -2.26. The van der Waals surface area contributed by atoms with Crippen molar-refractivity contribution < 1.29 is 29.3 Å². The van der Waals surface area contributed by atoms with Crippen LogP contribution in [0.15, 0.2) is 109 Å². The van der Waals surface area contributed by atoms with Crippen LogP contribution in [-0.2, 0) is 9.59 Å². The first kappa shape index (κ1) is 25.6. The SMILES string of the molecule is CCCOc1cccc(/C(O)=C2/C(=O)C(=O)N(c3ccccc3O)C2c2cccc(Oc3ccccc3)c2)c1. The van der Waals surface area contributed by atoms with Gasteiger partial charge in [-0.2, -0.15) is 0 Å². The number of aliphatic hydroxyl groups is 1. The standard InChI is InChI=1S/C32H27NO6/c1-2-18-38-24-14-9-11-22(20-24)30(35)28-29(33(32(37)31(28)36)26-16-6-7-17-27(26)34)21-10-8-15-25(19-21)39-23-12-4-3-5-13-23/h3-17,19-20,29,34-35H,2,18H2,1H3/b30-28-. The summed E-state index contributed by atoms with van der Waals surface area (Å²) in [5.41, 5.74) is 0.900. The summed E-state index contributed by atoms with van der Waals surface area (Å²) in [5.74, 6) is -0.607. The zero-order chi connectivity index (χ0) is 27.4. The number of aliphatic hydroxyl groups excluding tert-OH is 1. The molecule has 1 amide bonds. The fraction of sp³-hybridized carbons (Fsp3) is 0.125. The van der Waals surface area contributed by atoms with Crippen LogP contribution in [-0.4, -0.2) is 28.5 Å². The first-order chi connectivity index (χ1) is 19.0. The number of carbonyl (C=O) groups excluding carboxylic acids is 2. The third kappa shape index (κ3) is 5.20. The van der Waals surface area contributed by atoms with Crippen molar-refractivity contribution in [3.8, 4) is 23.0 Å². The summed E-state index contributed by atoms with van der Waals surface area (Å²) >= 11 is 0. The van der Waals surface area contributed by atoms with Crippen LogP contribution in [0.1, 0.15) is 30.5 Å². The van der Waals surface area contributed by atoms with Gasteiger partial charge in [0.1, 0.15) is 28.8 Å². The molecule has 1 fully saturated rings. The van der Waals surface area contributed by atoms with E-state index in [1.54, 1.807) is 66.7 Å². The van der Waals surface area contributed by atoms with Gasteiger partial charge in [0.15, 0.2) is 0 Å². The largest absolute Gasteiger partial charge is 0.507 e. The van der Waals surface area contributed by atoms with Crippen molar-refractivity contribution in [1.29, 1.82) is 0 Å². The highest BCUT2D eigenvalue weighted by atomic mass is 16.5. The van der Waals surface area contributed by atoms with E-state index in [0.29, 0.717) is 35.0 Å². The second-order valence-electron chi connectivity index (χ2n) is 9.02. The van der Waals surface area contributed by atoms with E-state index in [-0.39, 0.29) is 22.8 Å². The molecule has 7 heteroatoms. The molecule has 4 aromatic carbocycles. The Hall–Kier alpha value is -5.04. The van der Waals surface area contributed by atoms with E-state index >= 15 is 0 Å². The number of hydrogen-bond acceptors (Lipinski definition) is 6. The second kappa shape index (κ2) is 11.1. The minimum atomic E-state index is -1.03. The average molecular weight is 522 g/mol. The van der Waals surface area contributed by atoms with E-state index in [9.17, 15) is 19.8 Å². The summed E-state index contributed by atoms with van der Waals surface area (Å²) < 4.78 is 11.7. The first-order valence-electron chi connectivity index (χ1n) is 12.6. The van der Waals surface area contributed by atoms with Crippen LogP contribution >= 0.6 is 0 Å². The number of ether oxygens (including phenoxy) is 2. The topological polar surface area (TPSA) is 96.3 Å². The Labute approximate surface area is 226 Å². The number of amides is 1. The molecular weight excluding hydrogens is 494 g/mol. The molecule has 0 aliphatic carbocycles. The lowest BCUT2D eigenvalue weighted by atomic mass is 9.95. The van der Waals surface area contributed by atoms with Gasteiger partial charge in [-0.05, 0) is 60.5 Å². The summed E-state index contributed by atoms with van der Waals surface area (Å²) in [6, 6.07) is 28.2. The number of Topliss-reactive ketones (excluding diaryl/α,β-unsaturated/α-hetero) is 1. The molecule has 0 aromatic heterocycles. The first-order valence-corrected chi connectivity index (χ1v) is 12.6. The van der Waals surface area contributed by atoms with Crippen LogP contribution in [0.5, 0.6) is 23.0 Å². The minimum absolute atomic E-state index is 0.104. The number of carbonyl (C=O) groups is 2. The van der Waals surface area contributed by atoms with Crippen molar-refractivity contribution in [1.82, 2.24) is 0 Å². The number of phenols is 1. The molecule has 1 aliphatic heterocycles. The molecule has 196 valence electrons. The Morgan fingerprint density at radius 3 is 2.28 bits per heavy atom. The van der Waals surface area contributed by atoms with Crippen LogP contribution < -0.4 is 14.4 Å². The molecule has 0 bridgehead atoms. The summed E-state index contributed by atoms with van der Waals surface area (Å²) in [6.07, 6.45) is 0.809. The van der Waals surface area contributed by atoms with E-state index in [2.05, 4.69) is 0 Å². The third-order valence-electron chi connectivity index (χ3n) is 6.32. The molecular formula is C32H27NO6. The molecule has 39 heavy (non-hydrogen) atoms. The number of ketones is 1. The number of hydrogen-bond donors (Lipinski definition) is 2. The maximum atomic E-state index is 13.5. The highest BCUT2D eigenvalue weighted by Crippen LogP contribution is 2.45. The number of benzene rings is 4. The van der Waals surface area contributed by atoms with Crippen LogP contribution in [0.3, 0.4) is 0 Å². The Morgan fingerprint density at radius 1 is 0.821 bits per heavy atom. The summed E-state index contributed by atoms with van der Waals surface area (Å²) in [7, 11) is 0. The molecule has 1 heterocycles. The lowest BCUT2D eigenvalue weighted by molar-refractivity contribution is -0.132. The van der Waals surface area contributed by atoms with Crippen molar-refractivity contribution in [2.75, 3.05) is 11.5 Å². The van der Waals surface area contributed by atoms with Crippen molar-refractivity contribution >= 4 is 23.1 Å². The van der Waals surface area contributed by atoms with Crippen LogP contribution in [0.2, 0.25) is 0 Å². The van der Waals surface area contributed by atoms with Gasteiger partial charge < -0.3 is 19.7 Å². The van der Waals surface area contributed by atoms with Crippen LogP contribution in [0.25, 0.3) is 5.76 Å². The van der Waals surface area contributed by atoms with Crippen molar-refractivity contribution in [2.45, 2.75) is 19.4 Å². The highest BCUT2D eigenvalue weighted by Gasteiger charge is 2.47. The smallest absolute Gasteiger partial charge is 0.300 e. The maximum Gasteiger partial charge on any atom is 0.300 e. The fourth-order valence-corrected chi connectivity index (χ4v) is 4.55. The van der Waals surface area contributed by atoms with Gasteiger partial charge in [-0.15, -0.1) is 0 Å². The predicted molar refractivity (Wildman–Crippen MR) is 148 cm³/mol. The van der Waals surface area contributed by atoms with Crippen molar-refractivity contribution in [3.63, 3.8) is 0 Å². The zero-order valence-corrected chi connectivity index (χ0v) is 21.3. The zero-order valence-electron chi connectivity index (χ0n) is 21.3. The van der Waals surface area contributed by atoms with E-state index in [4.69, 9.17) is 9.47 Å². The molecule has 7 nitrogen and oxygen atoms in total. The molecule has 0 spiro atoms. The molecule has 4 aromatic rings. The predicted octanol–water partition coefficient (Wildman–Crippen LogP) is 6.60. The number of anilines is 1. The summed E-state index contributed by atoms with van der Waals surface area (Å²) in [4.78, 5) is 28.1. The van der Waals surface area contributed by atoms with Gasteiger partial charge in [-0.25, -0.2) is 0 Å². The number of nitrogens with zero attached hydrogens (tertiary/aromatic N) is 1. The van der Waals surface area contributed by atoms with Crippen molar-refractivity contribution in [2.24, 2.45) is 0 Å². The van der Waals surface area contributed by atoms with Gasteiger partial charge >= 0.3 is 0 Å². The van der Waals surface area contributed by atoms with Gasteiger partial charge in [0.25, 0.3) is 11.7 Å². The molecule has 1 aliphatic rings. The van der Waals surface area contributed by atoms with Crippen LogP contribution in [0, 0.1) is 0 Å². The molecule has 1 atom stereocenters. The fourth-order valence-electron chi connectivity index (χ4n) is 4.55. The Balaban J connectivity index is 1.65. The van der Waals surface area contributed by atoms with Gasteiger partial charge in [0, 0.05) is 5.56 Å². The quantitative estimate of drug-likeness (QED) is 0.154. The van der Waals surface area contributed by atoms with E-state index < -0.39 is 17.7 Å². The Kier molecular flexibility index (Phi) is 7.32. The summed E-state index contributed by atoms with van der Waals surface area (Å²) in [6.45, 7) is 2.48. The van der Waals surface area contributed by atoms with Gasteiger partial charge in [0.2, 0.25) is 0 Å². The normalized spacial score (nSPS) is 16.3. The number of para-hydroxylation sites is 3. The van der Waals surface area contributed by atoms with Crippen molar-refractivity contribution in [3.05, 3.63) is 120 Å². The minimum Gasteiger partial charge on any atom is -0.507 e. The van der Waals surface area contributed by atoms with Gasteiger partial charge in [-0.3, -0.25) is 14.5 Å². The van der Waals surface area contributed by atoms with Gasteiger partial charge in [0.05, 0.1) is 23.9 Å². The van der Waals surface area contributed by atoms with Gasteiger partial charge in [-0.1, -0.05) is 61.5 Å². The highest BCUT2D eigenvalue weighted by molar-refractivity contribution is 6.51.